The molecular weight excluding hydrogens is 263 g/mol. The van der Waals surface area contributed by atoms with Crippen LogP contribution in [0.1, 0.15) is 12.0 Å². The van der Waals surface area contributed by atoms with E-state index in [1.54, 1.807) is 11.8 Å². The Balaban J connectivity index is 2.23. The zero-order valence-corrected chi connectivity index (χ0v) is 10.7. The van der Waals surface area contributed by atoms with E-state index in [0.29, 0.717) is 18.7 Å². The van der Waals surface area contributed by atoms with Crippen LogP contribution in [0.15, 0.2) is 12.1 Å². The van der Waals surface area contributed by atoms with E-state index >= 15 is 0 Å². The van der Waals surface area contributed by atoms with E-state index < -0.39 is 17.5 Å². The van der Waals surface area contributed by atoms with E-state index in [9.17, 15) is 13.2 Å². The van der Waals surface area contributed by atoms with Crippen LogP contribution in [-0.2, 0) is 6.54 Å². The van der Waals surface area contributed by atoms with Gasteiger partial charge in [-0.05, 0) is 29.9 Å². The number of hydrogen-bond donors (Lipinski definition) is 2. The van der Waals surface area contributed by atoms with Gasteiger partial charge in [-0.15, -0.1) is 0 Å². The number of hydrogen-bond acceptors (Lipinski definition) is 3. The molecule has 1 aromatic carbocycles. The molecule has 0 bridgehead atoms. The van der Waals surface area contributed by atoms with Gasteiger partial charge in [0.05, 0.1) is 0 Å². The number of nitrogens with one attached hydrogen (secondary N) is 1. The molecule has 0 aliphatic carbocycles. The van der Waals surface area contributed by atoms with E-state index in [1.165, 1.54) is 0 Å². The summed E-state index contributed by atoms with van der Waals surface area (Å²) in [5.41, 5.74) is 0.381. The Morgan fingerprint density at radius 3 is 2.39 bits per heavy atom. The Bertz CT molecular complexity index is 353. The number of aliphatic hydroxyl groups excluding tert-OH is 1. The van der Waals surface area contributed by atoms with Crippen LogP contribution in [0.5, 0.6) is 0 Å². The van der Waals surface area contributed by atoms with Gasteiger partial charge in [-0.2, -0.15) is 11.8 Å². The summed E-state index contributed by atoms with van der Waals surface area (Å²) in [6.45, 7) is 1.18. The first-order valence-corrected chi connectivity index (χ1v) is 6.83. The maximum absolute atomic E-state index is 12.9. The molecule has 0 fully saturated rings. The zero-order chi connectivity index (χ0) is 13.4. The van der Waals surface area contributed by atoms with Gasteiger partial charge < -0.3 is 10.4 Å². The monoisotopic (exact) mass is 279 g/mol. The lowest BCUT2D eigenvalue weighted by molar-refractivity contribution is 0.296. The van der Waals surface area contributed by atoms with Crippen LogP contribution in [0, 0.1) is 17.5 Å². The maximum atomic E-state index is 12.9. The molecule has 1 aromatic rings. The predicted octanol–water partition coefficient (Wildman–Crippen LogP) is 2.31. The quantitative estimate of drug-likeness (QED) is 0.566. The second-order valence-corrected chi connectivity index (χ2v) is 4.96. The summed E-state index contributed by atoms with van der Waals surface area (Å²) in [5.74, 6) is -2.02. The van der Waals surface area contributed by atoms with Gasteiger partial charge in [-0.1, -0.05) is 0 Å². The van der Waals surface area contributed by atoms with E-state index in [-0.39, 0.29) is 6.61 Å². The molecule has 2 nitrogen and oxygen atoms in total. The highest BCUT2D eigenvalue weighted by Crippen LogP contribution is 2.13. The van der Waals surface area contributed by atoms with Crippen LogP contribution in [0.2, 0.25) is 0 Å². The largest absolute Gasteiger partial charge is 0.396 e. The van der Waals surface area contributed by atoms with Crippen LogP contribution in [0.3, 0.4) is 0 Å². The highest BCUT2D eigenvalue weighted by atomic mass is 32.2. The van der Waals surface area contributed by atoms with Gasteiger partial charge in [0.2, 0.25) is 0 Å². The Morgan fingerprint density at radius 2 is 1.78 bits per heavy atom. The molecule has 0 radical (unpaired) electrons. The van der Waals surface area contributed by atoms with Gasteiger partial charge in [0.1, 0.15) is 0 Å². The molecule has 0 aliphatic heterocycles. The summed E-state index contributed by atoms with van der Waals surface area (Å²) < 4.78 is 38.4. The third-order valence-electron chi connectivity index (χ3n) is 2.24. The third kappa shape index (κ3) is 5.29. The molecule has 0 aliphatic rings. The van der Waals surface area contributed by atoms with Crippen molar-refractivity contribution in [3.63, 3.8) is 0 Å². The SMILES string of the molecule is OCCCSCCNCc1cc(F)c(F)c(F)c1. The first-order chi connectivity index (χ1) is 8.65. The van der Waals surface area contributed by atoms with Gasteiger partial charge in [0.25, 0.3) is 0 Å². The topological polar surface area (TPSA) is 32.3 Å². The van der Waals surface area contributed by atoms with Crippen LogP contribution in [0.25, 0.3) is 0 Å². The molecule has 1 rings (SSSR count). The molecule has 0 unspecified atom stereocenters. The van der Waals surface area contributed by atoms with Crippen molar-refractivity contribution in [1.29, 1.82) is 0 Å². The minimum Gasteiger partial charge on any atom is -0.396 e. The molecule has 6 heteroatoms. The summed E-state index contributed by atoms with van der Waals surface area (Å²) in [5, 5.41) is 11.6. The molecule has 0 amide bonds. The fraction of sp³-hybridized carbons (Fsp3) is 0.500. The van der Waals surface area contributed by atoms with Gasteiger partial charge in [-0.25, -0.2) is 13.2 Å². The van der Waals surface area contributed by atoms with E-state index in [2.05, 4.69) is 5.32 Å². The van der Waals surface area contributed by atoms with Gasteiger partial charge in [-0.3, -0.25) is 0 Å². The highest BCUT2D eigenvalue weighted by Gasteiger charge is 2.09. The number of thioether (sulfide) groups is 1. The first-order valence-electron chi connectivity index (χ1n) is 5.68. The summed E-state index contributed by atoms with van der Waals surface area (Å²) in [6, 6.07) is 1.98. The maximum Gasteiger partial charge on any atom is 0.194 e. The van der Waals surface area contributed by atoms with E-state index in [4.69, 9.17) is 5.11 Å². The second-order valence-electron chi connectivity index (χ2n) is 3.74. The number of rotatable bonds is 8. The molecule has 0 heterocycles. The Kier molecular flexibility index (Phi) is 7.15. The molecule has 0 saturated carbocycles. The standard InChI is InChI=1S/C12H16F3NOS/c13-10-6-9(7-11(14)12(10)15)8-16-2-5-18-4-1-3-17/h6-7,16-17H,1-5,8H2. The average Bonchev–Trinajstić information content (AvgIpc) is 2.34. The molecule has 0 atom stereocenters. The number of benzene rings is 1. The van der Waals surface area contributed by atoms with Gasteiger partial charge in [0, 0.05) is 25.4 Å². The highest BCUT2D eigenvalue weighted by molar-refractivity contribution is 7.99. The van der Waals surface area contributed by atoms with Crippen LogP contribution < -0.4 is 5.32 Å². The molecular formula is C12H16F3NOS. The Hall–Kier alpha value is -0.720. The third-order valence-corrected chi connectivity index (χ3v) is 3.31. The van der Waals surface area contributed by atoms with Crippen molar-refractivity contribution in [3.8, 4) is 0 Å². The smallest absolute Gasteiger partial charge is 0.194 e. The summed E-state index contributed by atoms with van der Waals surface area (Å²) in [6.07, 6.45) is 0.763. The molecule has 0 saturated heterocycles. The minimum absolute atomic E-state index is 0.189. The molecule has 0 spiro atoms. The lowest BCUT2D eigenvalue weighted by atomic mass is 10.2. The Labute approximate surface area is 109 Å². The van der Waals surface area contributed by atoms with Crippen molar-refractivity contribution >= 4 is 11.8 Å². The lowest BCUT2D eigenvalue weighted by Crippen LogP contribution is -2.17. The average molecular weight is 279 g/mol. The number of halogens is 3. The van der Waals surface area contributed by atoms with Crippen molar-refractivity contribution in [1.82, 2.24) is 5.32 Å². The predicted molar refractivity (Wildman–Crippen MR) is 67.1 cm³/mol. The van der Waals surface area contributed by atoms with E-state index in [0.717, 1.165) is 30.1 Å². The lowest BCUT2D eigenvalue weighted by Gasteiger charge is -2.06. The summed E-state index contributed by atoms with van der Waals surface area (Å²) in [4.78, 5) is 0. The number of aliphatic hydroxyl groups is 1. The Morgan fingerprint density at radius 1 is 1.11 bits per heavy atom. The van der Waals surface area contributed by atoms with Crippen LogP contribution in [-0.4, -0.2) is 29.8 Å². The van der Waals surface area contributed by atoms with E-state index in [1.807, 2.05) is 0 Å². The first kappa shape index (κ1) is 15.3. The zero-order valence-electron chi connectivity index (χ0n) is 9.89. The normalized spacial score (nSPS) is 10.9. The second kappa shape index (κ2) is 8.39. The molecule has 2 N–H and O–H groups in total. The van der Waals surface area contributed by atoms with Crippen molar-refractivity contribution < 1.29 is 18.3 Å². The fourth-order valence-corrected chi connectivity index (χ4v) is 2.18. The van der Waals surface area contributed by atoms with Crippen molar-refractivity contribution in [2.24, 2.45) is 0 Å². The molecule has 102 valence electrons. The van der Waals surface area contributed by atoms with Gasteiger partial charge in [0.15, 0.2) is 17.5 Å². The molecule has 18 heavy (non-hydrogen) atoms. The van der Waals surface area contributed by atoms with Crippen LogP contribution in [0.4, 0.5) is 13.2 Å². The van der Waals surface area contributed by atoms with Gasteiger partial charge >= 0.3 is 0 Å². The summed E-state index contributed by atoms with van der Waals surface area (Å²) in [7, 11) is 0. The fourth-order valence-electron chi connectivity index (χ4n) is 1.36. The van der Waals surface area contributed by atoms with Crippen LogP contribution >= 0.6 is 11.8 Å². The van der Waals surface area contributed by atoms with Crippen molar-refractivity contribution in [2.45, 2.75) is 13.0 Å². The van der Waals surface area contributed by atoms with Crippen molar-refractivity contribution in [3.05, 3.63) is 35.1 Å². The summed E-state index contributed by atoms with van der Waals surface area (Å²) >= 11 is 1.69. The molecule has 0 aromatic heterocycles. The minimum atomic E-state index is -1.43. The van der Waals surface area contributed by atoms with Crippen molar-refractivity contribution in [2.75, 3.05) is 24.7 Å².